The Balaban J connectivity index is 1.97. The van der Waals surface area contributed by atoms with Crippen molar-refractivity contribution >= 4 is 39.3 Å². The number of rotatable bonds is 9. The molecule has 2 heterocycles. The van der Waals surface area contributed by atoms with Gasteiger partial charge in [-0.1, -0.05) is 33.3 Å². The van der Waals surface area contributed by atoms with Crippen molar-refractivity contribution in [3.8, 4) is 23.0 Å². The Labute approximate surface area is 237 Å². The molecular formula is C28H29BrN2O7S. The van der Waals surface area contributed by atoms with Gasteiger partial charge in [-0.25, -0.2) is 9.79 Å². The average molecular weight is 618 g/mol. The van der Waals surface area contributed by atoms with Crippen molar-refractivity contribution in [2.75, 3.05) is 26.9 Å². The fourth-order valence-corrected chi connectivity index (χ4v) is 5.90. The molecule has 1 N–H and O–H groups in total. The van der Waals surface area contributed by atoms with Gasteiger partial charge in [-0.15, -0.1) is 0 Å². The number of methoxy groups -OCH3 is 1. The van der Waals surface area contributed by atoms with E-state index in [4.69, 9.17) is 18.9 Å². The van der Waals surface area contributed by atoms with Crippen molar-refractivity contribution in [1.29, 1.82) is 0 Å². The Kier molecular flexibility index (Phi) is 8.81. The Morgan fingerprint density at radius 3 is 2.49 bits per heavy atom. The molecule has 2 aromatic carbocycles. The summed E-state index contributed by atoms with van der Waals surface area (Å²) in [5, 5.41) is 10.1. The molecule has 1 atom stereocenters. The number of aromatic nitrogens is 1. The minimum atomic E-state index is -0.833. The molecule has 0 radical (unpaired) electrons. The van der Waals surface area contributed by atoms with Crippen LogP contribution in [0.4, 0.5) is 0 Å². The van der Waals surface area contributed by atoms with E-state index in [0.29, 0.717) is 61.1 Å². The van der Waals surface area contributed by atoms with E-state index in [1.165, 1.54) is 29.1 Å². The van der Waals surface area contributed by atoms with Gasteiger partial charge < -0.3 is 24.1 Å². The molecule has 39 heavy (non-hydrogen) atoms. The van der Waals surface area contributed by atoms with Crippen LogP contribution < -0.4 is 29.1 Å². The monoisotopic (exact) mass is 616 g/mol. The molecule has 1 aliphatic rings. The van der Waals surface area contributed by atoms with E-state index in [0.717, 1.165) is 0 Å². The van der Waals surface area contributed by atoms with E-state index in [9.17, 15) is 14.7 Å². The summed E-state index contributed by atoms with van der Waals surface area (Å²) in [6.07, 6.45) is 1.71. The molecule has 0 bridgehead atoms. The first-order chi connectivity index (χ1) is 18.7. The standard InChI is InChI=1S/C28H29BrN2O7S/c1-6-36-20-11-16(9-10-19(20)32)12-23-26(33)31-25(17-13-21(35-5)22(37-7-2)14-18(17)29)24(27(34)38-8-3)15(4)30-28(31)39-23/h9-14,25,32H,6-8H2,1-5H3/b23-12+/t25-/m1/s1. The van der Waals surface area contributed by atoms with E-state index in [2.05, 4.69) is 20.9 Å². The number of ether oxygens (including phenoxy) is 4. The first-order valence-electron chi connectivity index (χ1n) is 12.4. The molecule has 3 aromatic rings. The highest BCUT2D eigenvalue weighted by Gasteiger charge is 2.35. The van der Waals surface area contributed by atoms with E-state index in [1.807, 2.05) is 13.8 Å². The number of hydrogen-bond acceptors (Lipinski definition) is 9. The number of fused-ring (bicyclic) bond motifs is 1. The van der Waals surface area contributed by atoms with Gasteiger partial charge in [0.25, 0.3) is 5.56 Å². The van der Waals surface area contributed by atoms with Gasteiger partial charge in [0.15, 0.2) is 27.8 Å². The number of phenols is 1. The molecule has 9 nitrogen and oxygen atoms in total. The van der Waals surface area contributed by atoms with Gasteiger partial charge in [0.2, 0.25) is 0 Å². The van der Waals surface area contributed by atoms with Gasteiger partial charge in [-0.3, -0.25) is 9.36 Å². The smallest absolute Gasteiger partial charge is 0.338 e. The zero-order chi connectivity index (χ0) is 28.3. The van der Waals surface area contributed by atoms with Crippen LogP contribution >= 0.6 is 27.3 Å². The Morgan fingerprint density at radius 2 is 1.82 bits per heavy atom. The van der Waals surface area contributed by atoms with E-state index >= 15 is 0 Å². The number of halogens is 1. The van der Waals surface area contributed by atoms with Crippen LogP contribution in [0.5, 0.6) is 23.0 Å². The molecule has 1 aliphatic heterocycles. The number of nitrogens with zero attached hydrogens (tertiary/aromatic N) is 2. The third-order valence-electron chi connectivity index (χ3n) is 5.98. The van der Waals surface area contributed by atoms with Crippen LogP contribution in [0.25, 0.3) is 6.08 Å². The largest absolute Gasteiger partial charge is 0.504 e. The van der Waals surface area contributed by atoms with E-state index < -0.39 is 12.0 Å². The average Bonchev–Trinajstić information content (AvgIpc) is 3.20. The van der Waals surface area contributed by atoms with Gasteiger partial charge in [0, 0.05) is 4.47 Å². The lowest BCUT2D eigenvalue weighted by Gasteiger charge is -2.26. The van der Waals surface area contributed by atoms with Gasteiger partial charge in [0.05, 0.1) is 48.8 Å². The molecule has 0 saturated heterocycles. The second-order valence-electron chi connectivity index (χ2n) is 8.42. The predicted molar refractivity (Wildman–Crippen MR) is 152 cm³/mol. The molecular weight excluding hydrogens is 588 g/mol. The second-order valence-corrected chi connectivity index (χ2v) is 10.3. The van der Waals surface area contributed by atoms with Crippen LogP contribution in [-0.2, 0) is 9.53 Å². The summed E-state index contributed by atoms with van der Waals surface area (Å²) in [4.78, 5) is 32.2. The van der Waals surface area contributed by atoms with Crippen molar-refractivity contribution in [2.45, 2.75) is 33.7 Å². The summed E-state index contributed by atoms with van der Waals surface area (Å²) < 4.78 is 24.7. The Bertz CT molecular complexity index is 1620. The quantitative estimate of drug-likeness (QED) is 0.361. The lowest BCUT2D eigenvalue weighted by Crippen LogP contribution is -2.40. The number of phenolic OH excluding ortho intramolecular Hbond substituents is 1. The van der Waals surface area contributed by atoms with Crippen LogP contribution in [0, 0.1) is 0 Å². The van der Waals surface area contributed by atoms with Crippen LogP contribution in [0.15, 0.2) is 55.9 Å². The molecule has 0 amide bonds. The number of benzene rings is 2. The summed E-state index contributed by atoms with van der Waals surface area (Å²) in [5.41, 5.74) is 1.66. The Morgan fingerprint density at radius 1 is 1.10 bits per heavy atom. The van der Waals surface area contributed by atoms with Crippen molar-refractivity contribution in [3.63, 3.8) is 0 Å². The molecule has 0 aliphatic carbocycles. The fourth-order valence-electron chi connectivity index (χ4n) is 4.32. The fraction of sp³-hybridized carbons (Fsp3) is 0.321. The minimum Gasteiger partial charge on any atom is -0.504 e. The van der Waals surface area contributed by atoms with Crippen LogP contribution in [0.3, 0.4) is 0 Å². The SMILES string of the molecule is CCOC(=O)C1=C(C)N=c2s/c(=C/c3ccc(O)c(OCC)c3)c(=O)n2[C@@H]1c1cc(OC)c(OCC)cc1Br. The minimum absolute atomic E-state index is 0.0134. The van der Waals surface area contributed by atoms with Crippen LogP contribution in [-0.4, -0.2) is 42.6 Å². The summed E-state index contributed by atoms with van der Waals surface area (Å²) >= 11 is 4.82. The number of carbonyl (C=O) groups is 1. The van der Waals surface area contributed by atoms with Gasteiger partial charge in [0.1, 0.15) is 0 Å². The summed E-state index contributed by atoms with van der Waals surface area (Å²) in [6, 6.07) is 7.55. The highest BCUT2D eigenvalue weighted by atomic mass is 79.9. The Hall–Kier alpha value is -3.57. The molecule has 0 saturated carbocycles. The predicted octanol–water partition coefficient (Wildman–Crippen LogP) is 4.07. The highest BCUT2D eigenvalue weighted by molar-refractivity contribution is 9.10. The van der Waals surface area contributed by atoms with Crippen LogP contribution in [0.1, 0.15) is 44.9 Å². The topological polar surface area (TPSA) is 109 Å². The molecule has 0 fully saturated rings. The third-order valence-corrected chi connectivity index (χ3v) is 7.65. The third kappa shape index (κ3) is 5.60. The maximum atomic E-state index is 13.9. The summed E-state index contributed by atoms with van der Waals surface area (Å²) in [7, 11) is 1.53. The number of aromatic hydroxyl groups is 1. The first kappa shape index (κ1) is 28.4. The highest BCUT2D eigenvalue weighted by Crippen LogP contribution is 2.41. The molecule has 0 spiro atoms. The van der Waals surface area contributed by atoms with Crippen molar-refractivity contribution in [1.82, 2.24) is 4.57 Å². The molecule has 4 rings (SSSR count). The molecule has 1 aromatic heterocycles. The van der Waals surface area contributed by atoms with Crippen molar-refractivity contribution < 1.29 is 28.8 Å². The van der Waals surface area contributed by atoms with E-state index in [1.54, 1.807) is 44.2 Å². The number of hydrogen-bond donors (Lipinski definition) is 1. The number of thiazole rings is 1. The lowest BCUT2D eigenvalue weighted by molar-refractivity contribution is -0.139. The molecule has 206 valence electrons. The van der Waals surface area contributed by atoms with Gasteiger partial charge in [-0.2, -0.15) is 0 Å². The second kappa shape index (κ2) is 12.1. The maximum Gasteiger partial charge on any atom is 0.338 e. The first-order valence-corrected chi connectivity index (χ1v) is 14.0. The lowest BCUT2D eigenvalue weighted by atomic mass is 9.95. The maximum absolute atomic E-state index is 13.9. The van der Waals surface area contributed by atoms with Gasteiger partial charge >= 0.3 is 5.97 Å². The van der Waals surface area contributed by atoms with Crippen molar-refractivity contribution in [3.05, 3.63) is 76.9 Å². The summed E-state index contributed by atoms with van der Waals surface area (Å²) in [5.74, 6) is 0.765. The molecule has 0 unspecified atom stereocenters. The van der Waals surface area contributed by atoms with E-state index in [-0.39, 0.29) is 23.5 Å². The number of esters is 1. The zero-order valence-electron chi connectivity index (χ0n) is 22.2. The van der Waals surface area contributed by atoms with Gasteiger partial charge in [-0.05, 0) is 69.2 Å². The van der Waals surface area contributed by atoms with Crippen molar-refractivity contribution in [2.24, 2.45) is 4.99 Å². The summed E-state index contributed by atoms with van der Waals surface area (Å²) in [6.45, 7) is 8.13. The number of allylic oxidation sites excluding steroid dienone is 1. The molecule has 11 heteroatoms. The van der Waals surface area contributed by atoms with Crippen LogP contribution in [0.2, 0.25) is 0 Å². The zero-order valence-corrected chi connectivity index (χ0v) is 24.6. The number of carbonyl (C=O) groups excluding carboxylic acids is 1. The normalized spacial score (nSPS) is 15.0.